The molecule has 0 fully saturated rings. The maximum Gasteiger partial charge on any atom is 0.339 e. The lowest BCUT2D eigenvalue weighted by Crippen LogP contribution is -2.19. The molecule has 2 rings (SSSR count). The summed E-state index contributed by atoms with van der Waals surface area (Å²) >= 11 is 0. The molecule has 0 radical (unpaired) electrons. The number of allylic oxidation sites excluding steroid dienone is 9. The Balaban J connectivity index is 1.99. The van der Waals surface area contributed by atoms with E-state index in [9.17, 15) is 14.7 Å². The topological polar surface area (TPSA) is 86.6 Å². The number of anilines is 1. The molecular weight excluding hydrogens is 402 g/mol. The van der Waals surface area contributed by atoms with Gasteiger partial charge in [0.2, 0.25) is 5.91 Å². The summed E-state index contributed by atoms with van der Waals surface area (Å²) in [6.07, 6.45) is 15.2. The first kappa shape index (κ1) is 24.9. The van der Waals surface area contributed by atoms with Crippen LogP contribution in [0.5, 0.6) is 5.75 Å². The van der Waals surface area contributed by atoms with Gasteiger partial charge < -0.3 is 15.5 Å². The molecule has 0 unspecified atom stereocenters. The van der Waals surface area contributed by atoms with Crippen LogP contribution in [0.15, 0.2) is 76.9 Å². The number of carboxylic acid groups (broad SMARTS) is 1. The first-order chi connectivity index (χ1) is 15.0. The fourth-order valence-electron chi connectivity index (χ4n) is 3.86. The highest BCUT2D eigenvalue weighted by atomic mass is 16.4. The highest BCUT2D eigenvalue weighted by Crippen LogP contribution is 2.40. The van der Waals surface area contributed by atoms with Gasteiger partial charge in [-0.15, -0.1) is 0 Å². The summed E-state index contributed by atoms with van der Waals surface area (Å²) in [4.78, 5) is 23.1. The van der Waals surface area contributed by atoms with Gasteiger partial charge in [0.05, 0.1) is 0 Å². The number of hydrogen-bond donors (Lipinski definition) is 3. The zero-order valence-electron chi connectivity index (χ0n) is 19.5. The van der Waals surface area contributed by atoms with Crippen LogP contribution in [0.1, 0.15) is 64.2 Å². The summed E-state index contributed by atoms with van der Waals surface area (Å²) in [7, 11) is 0. The number of amides is 1. The molecule has 1 aliphatic carbocycles. The Morgan fingerprint density at radius 1 is 1.12 bits per heavy atom. The lowest BCUT2D eigenvalue weighted by atomic mass is 9.72. The number of aromatic hydroxyl groups is 1. The minimum absolute atomic E-state index is 0.215. The van der Waals surface area contributed by atoms with Crippen molar-refractivity contribution in [1.29, 1.82) is 0 Å². The quantitative estimate of drug-likeness (QED) is 0.334. The van der Waals surface area contributed by atoms with E-state index >= 15 is 0 Å². The van der Waals surface area contributed by atoms with Crippen molar-refractivity contribution in [2.45, 2.75) is 53.9 Å². The van der Waals surface area contributed by atoms with E-state index in [1.54, 1.807) is 0 Å². The highest BCUT2D eigenvalue weighted by molar-refractivity contribution is 6.00. The van der Waals surface area contributed by atoms with Crippen molar-refractivity contribution < 1.29 is 19.8 Å². The molecule has 1 aromatic carbocycles. The number of carbonyl (C=O) groups is 2. The van der Waals surface area contributed by atoms with Gasteiger partial charge >= 0.3 is 5.97 Å². The predicted molar refractivity (Wildman–Crippen MR) is 130 cm³/mol. The number of hydrogen-bond acceptors (Lipinski definition) is 3. The van der Waals surface area contributed by atoms with Crippen LogP contribution in [-0.2, 0) is 4.79 Å². The van der Waals surface area contributed by atoms with Gasteiger partial charge in [0.1, 0.15) is 11.3 Å². The monoisotopic (exact) mass is 435 g/mol. The van der Waals surface area contributed by atoms with Crippen LogP contribution in [0, 0.1) is 5.41 Å². The van der Waals surface area contributed by atoms with E-state index in [1.165, 1.54) is 54.7 Å². The maximum atomic E-state index is 12.2. The molecule has 0 saturated carbocycles. The fourth-order valence-corrected chi connectivity index (χ4v) is 3.86. The van der Waals surface area contributed by atoms with Crippen LogP contribution in [0.25, 0.3) is 0 Å². The Hall–Kier alpha value is -3.34. The summed E-state index contributed by atoms with van der Waals surface area (Å²) in [5.74, 6) is -1.99. The molecule has 0 spiro atoms. The average Bonchev–Trinajstić information content (AvgIpc) is 2.66. The van der Waals surface area contributed by atoms with Gasteiger partial charge in [0, 0.05) is 17.8 Å². The zero-order valence-corrected chi connectivity index (χ0v) is 19.5. The second-order valence-electron chi connectivity index (χ2n) is 8.95. The van der Waals surface area contributed by atoms with E-state index in [0.717, 1.165) is 11.1 Å². The van der Waals surface area contributed by atoms with Crippen LogP contribution in [0.2, 0.25) is 0 Å². The van der Waals surface area contributed by atoms with E-state index in [4.69, 9.17) is 5.11 Å². The number of carboxylic acids is 1. The summed E-state index contributed by atoms with van der Waals surface area (Å²) in [6, 6.07) is 3.89. The third-order valence-electron chi connectivity index (χ3n) is 5.63. The molecule has 0 aromatic heterocycles. The molecule has 0 atom stereocenters. The van der Waals surface area contributed by atoms with Crippen LogP contribution < -0.4 is 5.32 Å². The predicted octanol–water partition coefficient (Wildman–Crippen LogP) is 6.56. The summed E-state index contributed by atoms with van der Waals surface area (Å²) in [6.45, 7) is 10.7. The fraction of sp³-hybridized carbons (Fsp3) is 0.333. The van der Waals surface area contributed by atoms with Gasteiger partial charge in [-0.2, -0.15) is 0 Å². The molecular formula is C27H33NO4. The smallest absolute Gasteiger partial charge is 0.339 e. The highest BCUT2D eigenvalue weighted by Gasteiger charge is 2.26. The second-order valence-corrected chi connectivity index (χ2v) is 8.95. The molecule has 1 amide bonds. The largest absolute Gasteiger partial charge is 0.507 e. The molecule has 32 heavy (non-hydrogen) atoms. The number of rotatable bonds is 7. The van der Waals surface area contributed by atoms with E-state index in [2.05, 4.69) is 38.2 Å². The summed E-state index contributed by atoms with van der Waals surface area (Å²) < 4.78 is 0. The zero-order chi connectivity index (χ0) is 23.9. The molecule has 0 saturated heterocycles. The molecule has 3 N–H and O–H groups in total. The van der Waals surface area contributed by atoms with Crippen molar-refractivity contribution in [3.8, 4) is 5.75 Å². The Bertz CT molecular complexity index is 1040. The molecule has 1 aromatic rings. The van der Waals surface area contributed by atoms with Crippen LogP contribution in [-0.4, -0.2) is 22.1 Å². The van der Waals surface area contributed by atoms with E-state index in [-0.39, 0.29) is 16.9 Å². The summed E-state index contributed by atoms with van der Waals surface area (Å²) in [5, 5.41) is 21.3. The van der Waals surface area contributed by atoms with Crippen LogP contribution in [0.3, 0.4) is 0 Å². The Morgan fingerprint density at radius 3 is 2.47 bits per heavy atom. The molecule has 170 valence electrons. The molecule has 1 aliphatic rings. The molecule has 0 heterocycles. The van der Waals surface area contributed by atoms with Crippen molar-refractivity contribution in [2.24, 2.45) is 5.41 Å². The SMILES string of the molecule is CC1=C(/C=C/C(C)=C/C=C/C(C)=C/C(=O)Nc2ccc(C(=O)O)c(O)c2)C(C)(C)CCC1. The minimum atomic E-state index is -1.23. The molecule has 5 heteroatoms. The molecule has 5 nitrogen and oxygen atoms in total. The van der Waals surface area contributed by atoms with Gasteiger partial charge in [0.25, 0.3) is 0 Å². The van der Waals surface area contributed by atoms with Crippen molar-refractivity contribution in [1.82, 2.24) is 0 Å². The normalized spacial score (nSPS) is 17.3. The number of carbonyl (C=O) groups excluding carboxylic acids is 1. The second kappa shape index (κ2) is 10.8. The van der Waals surface area contributed by atoms with Crippen LogP contribution >= 0.6 is 0 Å². The van der Waals surface area contributed by atoms with E-state index in [0.29, 0.717) is 5.69 Å². The van der Waals surface area contributed by atoms with Gasteiger partial charge in [0.15, 0.2) is 0 Å². The van der Waals surface area contributed by atoms with Crippen molar-refractivity contribution in [3.05, 3.63) is 82.5 Å². The number of benzene rings is 1. The van der Waals surface area contributed by atoms with Gasteiger partial charge in [-0.25, -0.2) is 4.79 Å². The van der Waals surface area contributed by atoms with Gasteiger partial charge in [-0.05, 0) is 68.7 Å². The standard InChI is InChI=1S/C27H33NO4/c1-18(11-14-23-20(3)10-7-15-27(23,4)5)8-6-9-19(2)16-25(30)28-21-12-13-22(26(31)32)24(29)17-21/h6,8-9,11-14,16-17,29H,7,10,15H2,1-5H3,(H,28,30)(H,31,32)/b9-6+,14-11+,18-8+,19-16+. The van der Waals surface area contributed by atoms with Crippen molar-refractivity contribution in [3.63, 3.8) is 0 Å². The third-order valence-corrected chi connectivity index (χ3v) is 5.63. The number of nitrogens with one attached hydrogen (secondary N) is 1. The molecule has 0 bridgehead atoms. The van der Waals surface area contributed by atoms with Crippen molar-refractivity contribution in [2.75, 3.05) is 5.32 Å². The molecule has 0 aliphatic heterocycles. The minimum Gasteiger partial charge on any atom is -0.507 e. The van der Waals surface area contributed by atoms with Crippen LogP contribution in [0.4, 0.5) is 5.69 Å². The Labute approximate surface area is 190 Å². The van der Waals surface area contributed by atoms with Gasteiger partial charge in [-0.1, -0.05) is 55.4 Å². The van der Waals surface area contributed by atoms with Crippen molar-refractivity contribution >= 4 is 17.6 Å². The number of aromatic carboxylic acids is 1. The Morgan fingerprint density at radius 2 is 1.84 bits per heavy atom. The lowest BCUT2D eigenvalue weighted by molar-refractivity contribution is -0.111. The van der Waals surface area contributed by atoms with E-state index in [1.807, 2.05) is 32.1 Å². The van der Waals surface area contributed by atoms with Gasteiger partial charge in [-0.3, -0.25) is 4.79 Å². The Kier molecular flexibility index (Phi) is 8.41. The first-order valence-corrected chi connectivity index (χ1v) is 10.8. The third kappa shape index (κ3) is 7.12. The van der Waals surface area contributed by atoms with E-state index < -0.39 is 11.7 Å². The maximum absolute atomic E-state index is 12.2. The average molecular weight is 436 g/mol. The summed E-state index contributed by atoms with van der Waals surface area (Å²) in [5.41, 5.74) is 5.09. The first-order valence-electron chi connectivity index (χ1n) is 10.8. The number of phenols is 1. The lowest BCUT2D eigenvalue weighted by Gasteiger charge is -2.32.